The number of nitrogens with two attached hydrogens (primary N) is 1. The van der Waals surface area contributed by atoms with E-state index in [-0.39, 0.29) is 5.60 Å². The molecule has 0 amide bonds. The van der Waals surface area contributed by atoms with E-state index in [1.165, 1.54) is 6.42 Å². The summed E-state index contributed by atoms with van der Waals surface area (Å²) in [5.74, 6) is 1.19. The predicted octanol–water partition coefficient (Wildman–Crippen LogP) is 3.00. The van der Waals surface area contributed by atoms with Gasteiger partial charge in [-0.25, -0.2) is 0 Å². The maximum Gasteiger partial charge on any atom is 0.258 e. The normalized spacial score (nSPS) is 17.8. The van der Waals surface area contributed by atoms with Crippen LogP contribution >= 0.6 is 0 Å². The molecule has 0 bridgehead atoms. The molecule has 1 aliphatic rings. The Labute approximate surface area is 124 Å². The van der Waals surface area contributed by atoms with Crippen LogP contribution in [0.5, 0.6) is 0 Å². The maximum absolute atomic E-state index is 5.75. The topological polar surface area (TPSA) is 74.2 Å². The summed E-state index contributed by atoms with van der Waals surface area (Å²) in [7, 11) is 1.73. The minimum atomic E-state index is -0.383. The van der Waals surface area contributed by atoms with Gasteiger partial charge in [-0.2, -0.15) is 4.98 Å². The summed E-state index contributed by atoms with van der Waals surface area (Å²) < 4.78 is 11.2. The Morgan fingerprint density at radius 1 is 1.29 bits per heavy atom. The summed E-state index contributed by atoms with van der Waals surface area (Å²) in [5, 5.41) is 4.17. The SMILES string of the molecule is COC1(c2noc(-c3cccc(CN)c3)n2)CCCCC1. The number of rotatable bonds is 4. The van der Waals surface area contributed by atoms with Crippen molar-refractivity contribution in [3.63, 3.8) is 0 Å². The van der Waals surface area contributed by atoms with Crippen molar-refractivity contribution in [1.82, 2.24) is 10.1 Å². The molecule has 0 radical (unpaired) electrons. The van der Waals surface area contributed by atoms with E-state index < -0.39 is 0 Å². The molecule has 2 aromatic rings. The van der Waals surface area contributed by atoms with Gasteiger partial charge in [0.25, 0.3) is 5.89 Å². The van der Waals surface area contributed by atoms with Gasteiger partial charge in [-0.05, 0) is 30.5 Å². The van der Waals surface area contributed by atoms with Crippen LogP contribution in [0.25, 0.3) is 11.5 Å². The third-order valence-corrected chi connectivity index (χ3v) is 4.30. The highest BCUT2D eigenvalue weighted by Crippen LogP contribution is 2.39. The van der Waals surface area contributed by atoms with Crippen molar-refractivity contribution in [3.8, 4) is 11.5 Å². The van der Waals surface area contributed by atoms with Crippen LogP contribution in [0.3, 0.4) is 0 Å². The number of methoxy groups -OCH3 is 1. The number of aromatic nitrogens is 2. The van der Waals surface area contributed by atoms with E-state index in [2.05, 4.69) is 10.1 Å². The third-order valence-electron chi connectivity index (χ3n) is 4.30. The van der Waals surface area contributed by atoms with Crippen LogP contribution in [0.2, 0.25) is 0 Å². The monoisotopic (exact) mass is 287 g/mol. The van der Waals surface area contributed by atoms with Crippen molar-refractivity contribution in [2.24, 2.45) is 5.73 Å². The van der Waals surface area contributed by atoms with Gasteiger partial charge in [0.05, 0.1) is 0 Å². The van der Waals surface area contributed by atoms with Crippen molar-refractivity contribution in [1.29, 1.82) is 0 Å². The van der Waals surface area contributed by atoms with E-state index in [0.29, 0.717) is 18.3 Å². The Kier molecular flexibility index (Phi) is 4.03. The van der Waals surface area contributed by atoms with Crippen LogP contribution < -0.4 is 5.73 Å². The first-order valence-corrected chi connectivity index (χ1v) is 7.46. The molecule has 5 heteroatoms. The third kappa shape index (κ3) is 2.71. The van der Waals surface area contributed by atoms with E-state index in [1.807, 2.05) is 24.3 Å². The Hall–Kier alpha value is -1.72. The second kappa shape index (κ2) is 5.95. The number of ether oxygens (including phenoxy) is 1. The molecule has 2 N–H and O–H groups in total. The molecule has 0 atom stereocenters. The minimum absolute atomic E-state index is 0.383. The molecule has 0 aliphatic heterocycles. The molecule has 0 spiro atoms. The standard InChI is InChI=1S/C16H21N3O2/c1-20-16(8-3-2-4-9-16)15-18-14(21-19-15)13-7-5-6-12(10-13)11-17/h5-7,10H,2-4,8-9,11,17H2,1H3. The molecule has 0 saturated heterocycles. The van der Waals surface area contributed by atoms with Crippen LogP contribution in [-0.4, -0.2) is 17.3 Å². The molecule has 5 nitrogen and oxygen atoms in total. The van der Waals surface area contributed by atoms with Crippen molar-refractivity contribution in [3.05, 3.63) is 35.7 Å². The number of hydrogen-bond acceptors (Lipinski definition) is 5. The highest BCUT2D eigenvalue weighted by molar-refractivity contribution is 5.54. The molecule has 1 aromatic heterocycles. The number of benzene rings is 1. The van der Waals surface area contributed by atoms with Gasteiger partial charge in [0.2, 0.25) is 5.82 Å². The average molecular weight is 287 g/mol. The molecule has 1 aliphatic carbocycles. The molecule has 1 fully saturated rings. The molecule has 0 unspecified atom stereocenters. The summed E-state index contributed by atoms with van der Waals surface area (Å²) in [4.78, 5) is 4.58. The van der Waals surface area contributed by atoms with Gasteiger partial charge in [-0.3, -0.25) is 0 Å². The lowest BCUT2D eigenvalue weighted by molar-refractivity contribution is -0.0527. The Morgan fingerprint density at radius 3 is 2.81 bits per heavy atom. The lowest BCUT2D eigenvalue weighted by Crippen LogP contribution is -2.32. The second-order valence-corrected chi connectivity index (χ2v) is 5.59. The average Bonchev–Trinajstić information content (AvgIpc) is 3.06. The zero-order chi connectivity index (χ0) is 14.7. The first-order chi connectivity index (χ1) is 10.3. The fraction of sp³-hybridized carbons (Fsp3) is 0.500. The van der Waals surface area contributed by atoms with Crippen molar-refractivity contribution in [2.45, 2.75) is 44.2 Å². The molecular formula is C16H21N3O2. The van der Waals surface area contributed by atoms with Gasteiger partial charge in [-0.15, -0.1) is 0 Å². The van der Waals surface area contributed by atoms with Crippen LogP contribution in [0.15, 0.2) is 28.8 Å². The zero-order valence-electron chi connectivity index (χ0n) is 12.3. The Bertz CT molecular complexity index is 603. The molecule has 1 aromatic carbocycles. The van der Waals surface area contributed by atoms with E-state index in [9.17, 15) is 0 Å². The smallest absolute Gasteiger partial charge is 0.258 e. The van der Waals surface area contributed by atoms with Gasteiger partial charge < -0.3 is 15.0 Å². The maximum atomic E-state index is 5.75. The molecular weight excluding hydrogens is 266 g/mol. The van der Waals surface area contributed by atoms with E-state index in [4.69, 9.17) is 15.0 Å². The lowest BCUT2D eigenvalue weighted by atomic mass is 9.84. The largest absolute Gasteiger partial charge is 0.370 e. The first-order valence-electron chi connectivity index (χ1n) is 7.46. The minimum Gasteiger partial charge on any atom is -0.370 e. The summed E-state index contributed by atoms with van der Waals surface area (Å²) in [5.41, 5.74) is 7.24. The molecule has 3 rings (SSSR count). The molecule has 112 valence electrons. The van der Waals surface area contributed by atoms with Crippen LogP contribution in [0, 0.1) is 0 Å². The van der Waals surface area contributed by atoms with E-state index in [0.717, 1.165) is 36.8 Å². The van der Waals surface area contributed by atoms with Crippen LogP contribution in [-0.2, 0) is 16.9 Å². The van der Waals surface area contributed by atoms with Crippen LogP contribution in [0.1, 0.15) is 43.5 Å². The first kappa shape index (κ1) is 14.2. The van der Waals surface area contributed by atoms with Crippen LogP contribution in [0.4, 0.5) is 0 Å². The second-order valence-electron chi connectivity index (χ2n) is 5.59. The lowest BCUT2D eigenvalue weighted by Gasteiger charge is -2.32. The van der Waals surface area contributed by atoms with Crippen molar-refractivity contribution < 1.29 is 9.26 Å². The quantitative estimate of drug-likeness (QED) is 0.935. The Morgan fingerprint density at radius 2 is 2.10 bits per heavy atom. The fourth-order valence-corrected chi connectivity index (χ4v) is 3.00. The molecule has 1 heterocycles. The highest BCUT2D eigenvalue weighted by atomic mass is 16.5. The fourth-order valence-electron chi connectivity index (χ4n) is 3.00. The molecule has 1 saturated carbocycles. The number of nitrogens with zero attached hydrogens (tertiary/aromatic N) is 2. The van der Waals surface area contributed by atoms with Gasteiger partial charge in [0.1, 0.15) is 5.60 Å². The Balaban J connectivity index is 1.91. The highest BCUT2D eigenvalue weighted by Gasteiger charge is 2.38. The van der Waals surface area contributed by atoms with Gasteiger partial charge in [0, 0.05) is 19.2 Å². The molecule has 21 heavy (non-hydrogen) atoms. The number of hydrogen-bond donors (Lipinski definition) is 1. The predicted molar refractivity (Wildman–Crippen MR) is 79.4 cm³/mol. The zero-order valence-corrected chi connectivity index (χ0v) is 12.3. The van der Waals surface area contributed by atoms with Crippen molar-refractivity contribution in [2.75, 3.05) is 7.11 Å². The van der Waals surface area contributed by atoms with Gasteiger partial charge >= 0.3 is 0 Å². The van der Waals surface area contributed by atoms with Gasteiger partial charge in [0.15, 0.2) is 0 Å². The van der Waals surface area contributed by atoms with E-state index in [1.54, 1.807) is 7.11 Å². The summed E-state index contributed by atoms with van der Waals surface area (Å²) in [6.45, 7) is 0.497. The van der Waals surface area contributed by atoms with Crippen molar-refractivity contribution >= 4 is 0 Å². The van der Waals surface area contributed by atoms with Gasteiger partial charge in [-0.1, -0.05) is 36.6 Å². The summed E-state index contributed by atoms with van der Waals surface area (Å²) >= 11 is 0. The van der Waals surface area contributed by atoms with E-state index >= 15 is 0 Å². The summed E-state index contributed by atoms with van der Waals surface area (Å²) in [6, 6.07) is 7.88. The summed E-state index contributed by atoms with van der Waals surface area (Å²) in [6.07, 6.45) is 5.42.